The number of unbranched alkanes of at least 4 members (excludes halogenated alkanes) is 1. The van der Waals surface area contributed by atoms with Gasteiger partial charge in [-0.15, -0.1) is 0 Å². The minimum atomic E-state index is 1.28. The van der Waals surface area contributed by atoms with E-state index in [1.165, 1.54) is 56.9 Å². The molecule has 0 aromatic heterocycles. The third kappa shape index (κ3) is 2.54. The van der Waals surface area contributed by atoms with E-state index >= 15 is 0 Å². The van der Waals surface area contributed by atoms with Gasteiger partial charge in [0.15, 0.2) is 0 Å². The second-order valence-corrected chi connectivity index (χ2v) is 5.91. The highest BCUT2D eigenvalue weighted by molar-refractivity contribution is 5.85. The molecule has 0 aliphatic heterocycles. The molecule has 2 aliphatic rings. The molecule has 2 aliphatic carbocycles. The van der Waals surface area contributed by atoms with Gasteiger partial charge >= 0.3 is 0 Å². The van der Waals surface area contributed by atoms with Crippen LogP contribution >= 0.6 is 0 Å². The summed E-state index contributed by atoms with van der Waals surface area (Å²) in [5.41, 5.74) is 8.28. The predicted octanol–water partition coefficient (Wildman–Crippen LogP) is 5.90. The largest absolute Gasteiger partial charge is 0.0654 e. The van der Waals surface area contributed by atoms with Crippen LogP contribution in [0.5, 0.6) is 0 Å². The Labute approximate surface area is 117 Å². The lowest BCUT2D eigenvalue weighted by Gasteiger charge is -2.17. The Hall–Kier alpha value is -1.30. The number of allylic oxidation sites excluding steroid dienone is 4. The maximum Gasteiger partial charge on any atom is -0.00931 e. The molecule has 19 heavy (non-hydrogen) atoms. The van der Waals surface area contributed by atoms with Gasteiger partial charge in [-0.3, -0.25) is 0 Å². The molecular weight excluding hydrogens is 228 g/mol. The van der Waals surface area contributed by atoms with Crippen LogP contribution in [-0.2, 0) is 0 Å². The maximum atomic E-state index is 2.30. The second kappa shape index (κ2) is 5.77. The summed E-state index contributed by atoms with van der Waals surface area (Å²) < 4.78 is 0. The SMILES string of the molecule is CCCCC1=C(c2ccccc2)C2=C(CCCC2)C1. The number of hydrogen-bond donors (Lipinski definition) is 0. The first kappa shape index (κ1) is 12.7. The molecule has 0 radical (unpaired) electrons. The highest BCUT2D eigenvalue weighted by Gasteiger charge is 2.26. The van der Waals surface area contributed by atoms with Gasteiger partial charge in [0.25, 0.3) is 0 Å². The van der Waals surface area contributed by atoms with Gasteiger partial charge < -0.3 is 0 Å². The number of rotatable bonds is 4. The van der Waals surface area contributed by atoms with Crippen molar-refractivity contribution in [3.63, 3.8) is 0 Å². The van der Waals surface area contributed by atoms with Crippen LogP contribution in [0, 0.1) is 0 Å². The molecule has 0 spiro atoms. The summed E-state index contributed by atoms with van der Waals surface area (Å²) in [6.45, 7) is 2.30. The molecule has 0 heteroatoms. The van der Waals surface area contributed by atoms with Gasteiger partial charge in [-0.25, -0.2) is 0 Å². The van der Waals surface area contributed by atoms with E-state index in [2.05, 4.69) is 37.3 Å². The zero-order chi connectivity index (χ0) is 13.1. The first-order valence-corrected chi connectivity index (χ1v) is 7.89. The monoisotopic (exact) mass is 252 g/mol. The standard InChI is InChI=1S/C19H24/c1-2-3-9-17-14-16-12-7-8-13-18(16)19(17)15-10-5-4-6-11-15/h4-6,10-11H,2-3,7-9,12-14H2,1H3. The van der Waals surface area contributed by atoms with Crippen molar-refractivity contribution in [2.45, 2.75) is 58.3 Å². The van der Waals surface area contributed by atoms with Crippen LogP contribution in [-0.4, -0.2) is 0 Å². The van der Waals surface area contributed by atoms with E-state index in [9.17, 15) is 0 Å². The zero-order valence-corrected chi connectivity index (χ0v) is 12.0. The molecule has 0 amide bonds. The van der Waals surface area contributed by atoms with E-state index < -0.39 is 0 Å². The summed E-state index contributed by atoms with van der Waals surface area (Å²) in [6, 6.07) is 11.1. The predicted molar refractivity (Wildman–Crippen MR) is 83.0 cm³/mol. The van der Waals surface area contributed by atoms with Crippen molar-refractivity contribution in [2.24, 2.45) is 0 Å². The normalized spacial score (nSPS) is 19.0. The molecule has 0 saturated heterocycles. The third-order valence-corrected chi connectivity index (χ3v) is 4.56. The molecule has 1 aromatic rings. The first-order valence-electron chi connectivity index (χ1n) is 7.89. The van der Waals surface area contributed by atoms with Crippen LogP contribution in [0.1, 0.15) is 63.9 Å². The Balaban J connectivity index is 1.98. The van der Waals surface area contributed by atoms with Gasteiger partial charge in [-0.05, 0) is 61.7 Å². The Morgan fingerprint density at radius 1 is 1.00 bits per heavy atom. The minimum absolute atomic E-state index is 1.28. The van der Waals surface area contributed by atoms with E-state index in [0.717, 1.165) is 0 Å². The van der Waals surface area contributed by atoms with E-state index in [4.69, 9.17) is 0 Å². The Kier molecular flexibility index (Phi) is 3.87. The smallest absolute Gasteiger partial charge is 0.00931 e. The molecule has 0 fully saturated rings. The molecule has 0 bridgehead atoms. The molecule has 3 rings (SSSR count). The quantitative estimate of drug-likeness (QED) is 0.625. The molecule has 0 heterocycles. The van der Waals surface area contributed by atoms with E-state index in [-0.39, 0.29) is 0 Å². The third-order valence-electron chi connectivity index (χ3n) is 4.56. The van der Waals surface area contributed by atoms with Gasteiger partial charge in [-0.2, -0.15) is 0 Å². The topological polar surface area (TPSA) is 0 Å². The van der Waals surface area contributed by atoms with Crippen molar-refractivity contribution in [1.29, 1.82) is 0 Å². The van der Waals surface area contributed by atoms with E-state index in [1.807, 2.05) is 0 Å². The molecule has 100 valence electrons. The molecular formula is C19H24. The van der Waals surface area contributed by atoms with Crippen molar-refractivity contribution in [1.82, 2.24) is 0 Å². The molecule has 0 nitrogen and oxygen atoms in total. The number of hydrogen-bond acceptors (Lipinski definition) is 0. The summed E-state index contributed by atoms with van der Waals surface area (Å²) in [5.74, 6) is 0. The van der Waals surface area contributed by atoms with Gasteiger partial charge in [0.1, 0.15) is 0 Å². The van der Waals surface area contributed by atoms with Crippen molar-refractivity contribution in [3.8, 4) is 0 Å². The highest BCUT2D eigenvalue weighted by Crippen LogP contribution is 2.46. The van der Waals surface area contributed by atoms with Gasteiger partial charge in [-0.1, -0.05) is 54.8 Å². The lowest BCUT2D eigenvalue weighted by molar-refractivity contribution is 0.677. The second-order valence-electron chi connectivity index (χ2n) is 5.91. The Morgan fingerprint density at radius 2 is 1.79 bits per heavy atom. The van der Waals surface area contributed by atoms with Crippen LogP contribution in [0.3, 0.4) is 0 Å². The summed E-state index contributed by atoms with van der Waals surface area (Å²) in [6.07, 6.45) is 10.7. The lowest BCUT2D eigenvalue weighted by atomic mass is 9.88. The first-order chi connectivity index (χ1) is 9.40. The Morgan fingerprint density at radius 3 is 2.58 bits per heavy atom. The molecule has 0 atom stereocenters. The van der Waals surface area contributed by atoms with Crippen LogP contribution in [0.25, 0.3) is 5.57 Å². The van der Waals surface area contributed by atoms with Crippen LogP contribution in [0.15, 0.2) is 47.1 Å². The average Bonchev–Trinajstić information content (AvgIpc) is 2.84. The van der Waals surface area contributed by atoms with Gasteiger partial charge in [0.05, 0.1) is 0 Å². The van der Waals surface area contributed by atoms with E-state index in [0.29, 0.717) is 0 Å². The van der Waals surface area contributed by atoms with Crippen molar-refractivity contribution in [3.05, 3.63) is 52.6 Å². The molecule has 0 saturated carbocycles. The zero-order valence-electron chi connectivity index (χ0n) is 12.0. The summed E-state index contributed by atoms with van der Waals surface area (Å²) in [4.78, 5) is 0. The van der Waals surface area contributed by atoms with Crippen LogP contribution < -0.4 is 0 Å². The highest BCUT2D eigenvalue weighted by atomic mass is 14.3. The molecule has 1 aromatic carbocycles. The van der Waals surface area contributed by atoms with Gasteiger partial charge in [0, 0.05) is 0 Å². The fourth-order valence-corrected chi connectivity index (χ4v) is 3.61. The summed E-state index contributed by atoms with van der Waals surface area (Å²) in [5, 5.41) is 0. The van der Waals surface area contributed by atoms with E-state index in [1.54, 1.807) is 22.3 Å². The summed E-state index contributed by atoms with van der Waals surface area (Å²) >= 11 is 0. The lowest BCUT2D eigenvalue weighted by Crippen LogP contribution is -1.97. The molecule has 0 N–H and O–H groups in total. The van der Waals surface area contributed by atoms with Gasteiger partial charge in [0.2, 0.25) is 0 Å². The average molecular weight is 252 g/mol. The number of benzene rings is 1. The summed E-state index contributed by atoms with van der Waals surface area (Å²) in [7, 11) is 0. The fourth-order valence-electron chi connectivity index (χ4n) is 3.61. The molecule has 0 unspecified atom stereocenters. The van der Waals surface area contributed by atoms with Crippen LogP contribution in [0.4, 0.5) is 0 Å². The maximum absolute atomic E-state index is 2.30. The van der Waals surface area contributed by atoms with Crippen molar-refractivity contribution in [2.75, 3.05) is 0 Å². The fraction of sp³-hybridized carbons (Fsp3) is 0.474. The van der Waals surface area contributed by atoms with Crippen LogP contribution in [0.2, 0.25) is 0 Å². The van der Waals surface area contributed by atoms with Crippen molar-refractivity contribution < 1.29 is 0 Å². The Bertz CT molecular complexity index is 502. The van der Waals surface area contributed by atoms with Crippen molar-refractivity contribution >= 4 is 5.57 Å². The minimum Gasteiger partial charge on any atom is -0.0654 e.